The zero-order chi connectivity index (χ0) is 20.8. The van der Waals surface area contributed by atoms with E-state index in [4.69, 9.17) is 9.47 Å². The van der Waals surface area contributed by atoms with Crippen LogP contribution in [0.2, 0.25) is 0 Å². The number of rotatable bonds is 8. The normalized spacial score (nSPS) is 18.0. The predicted molar refractivity (Wildman–Crippen MR) is 114 cm³/mol. The van der Waals surface area contributed by atoms with E-state index in [9.17, 15) is 10.2 Å². The number of hydrogen-bond donors (Lipinski definition) is 2. The molecule has 1 fully saturated rings. The van der Waals surface area contributed by atoms with Crippen molar-refractivity contribution in [1.82, 2.24) is 9.80 Å². The SMILES string of the molecule is COc1ccc(CN2CCN(Cc3ccc(OC)c(O)c3)C[C@H]2CCO)cc1C. The Labute approximate surface area is 173 Å². The minimum atomic E-state index is 0.172. The Balaban J connectivity index is 1.64. The van der Waals surface area contributed by atoms with Gasteiger partial charge in [0, 0.05) is 45.4 Å². The minimum Gasteiger partial charge on any atom is -0.504 e. The lowest BCUT2D eigenvalue weighted by Gasteiger charge is -2.41. The summed E-state index contributed by atoms with van der Waals surface area (Å²) in [5, 5.41) is 19.6. The fourth-order valence-electron chi connectivity index (χ4n) is 4.10. The topological polar surface area (TPSA) is 65.4 Å². The first-order valence-electron chi connectivity index (χ1n) is 10.1. The van der Waals surface area contributed by atoms with Crippen molar-refractivity contribution in [3.63, 3.8) is 0 Å². The highest BCUT2D eigenvalue weighted by molar-refractivity contribution is 5.41. The Kier molecular flexibility index (Phi) is 7.36. The van der Waals surface area contributed by atoms with E-state index in [1.807, 2.05) is 12.1 Å². The molecule has 1 atom stereocenters. The minimum absolute atomic E-state index is 0.172. The maximum absolute atomic E-state index is 10.0. The summed E-state index contributed by atoms with van der Waals surface area (Å²) < 4.78 is 10.5. The van der Waals surface area contributed by atoms with E-state index < -0.39 is 0 Å². The molecule has 6 nitrogen and oxygen atoms in total. The number of benzene rings is 2. The molecule has 1 saturated heterocycles. The molecule has 1 aliphatic rings. The van der Waals surface area contributed by atoms with E-state index in [0.29, 0.717) is 11.8 Å². The van der Waals surface area contributed by atoms with Gasteiger partial charge in [0.2, 0.25) is 0 Å². The number of aliphatic hydroxyl groups excluding tert-OH is 1. The van der Waals surface area contributed by atoms with Crippen LogP contribution in [0.3, 0.4) is 0 Å². The van der Waals surface area contributed by atoms with Crippen LogP contribution in [0.5, 0.6) is 17.2 Å². The van der Waals surface area contributed by atoms with E-state index in [-0.39, 0.29) is 12.4 Å². The average Bonchev–Trinajstić information content (AvgIpc) is 2.70. The second kappa shape index (κ2) is 9.96. The van der Waals surface area contributed by atoms with Crippen molar-refractivity contribution in [3.8, 4) is 17.2 Å². The number of methoxy groups -OCH3 is 2. The van der Waals surface area contributed by atoms with Gasteiger partial charge < -0.3 is 19.7 Å². The molecule has 0 spiro atoms. The maximum atomic E-state index is 10.0. The second-order valence-electron chi connectivity index (χ2n) is 7.68. The zero-order valence-corrected chi connectivity index (χ0v) is 17.6. The lowest BCUT2D eigenvalue weighted by atomic mass is 10.0. The highest BCUT2D eigenvalue weighted by atomic mass is 16.5. The number of phenolic OH excluding ortho intramolecular Hbond substituents is 1. The third kappa shape index (κ3) is 5.41. The Morgan fingerprint density at radius 3 is 2.28 bits per heavy atom. The molecule has 0 saturated carbocycles. The van der Waals surface area contributed by atoms with Crippen LogP contribution in [0, 0.1) is 6.92 Å². The third-order valence-corrected chi connectivity index (χ3v) is 5.65. The number of aromatic hydroxyl groups is 1. The molecule has 1 aliphatic heterocycles. The highest BCUT2D eigenvalue weighted by Crippen LogP contribution is 2.28. The van der Waals surface area contributed by atoms with Gasteiger partial charge in [-0.3, -0.25) is 9.80 Å². The van der Waals surface area contributed by atoms with Gasteiger partial charge in [-0.25, -0.2) is 0 Å². The Morgan fingerprint density at radius 2 is 1.66 bits per heavy atom. The molecule has 6 heteroatoms. The molecule has 2 aromatic carbocycles. The van der Waals surface area contributed by atoms with Crippen LogP contribution in [0.25, 0.3) is 0 Å². The highest BCUT2D eigenvalue weighted by Gasteiger charge is 2.27. The van der Waals surface area contributed by atoms with Gasteiger partial charge >= 0.3 is 0 Å². The first-order chi connectivity index (χ1) is 14.0. The van der Waals surface area contributed by atoms with Crippen LogP contribution in [0.15, 0.2) is 36.4 Å². The van der Waals surface area contributed by atoms with Crippen LogP contribution in [-0.4, -0.2) is 66.5 Å². The van der Waals surface area contributed by atoms with Crippen LogP contribution < -0.4 is 9.47 Å². The van der Waals surface area contributed by atoms with Crippen LogP contribution in [-0.2, 0) is 13.1 Å². The number of hydrogen-bond acceptors (Lipinski definition) is 6. The van der Waals surface area contributed by atoms with Crippen molar-refractivity contribution < 1.29 is 19.7 Å². The zero-order valence-electron chi connectivity index (χ0n) is 17.6. The molecular formula is C23H32N2O4. The Bertz CT molecular complexity index is 811. The van der Waals surface area contributed by atoms with Gasteiger partial charge in [-0.05, 0) is 48.2 Å². The Hall–Kier alpha value is -2.28. The van der Waals surface area contributed by atoms with Gasteiger partial charge in [0.05, 0.1) is 14.2 Å². The quantitative estimate of drug-likeness (QED) is 0.710. The largest absolute Gasteiger partial charge is 0.504 e. The summed E-state index contributed by atoms with van der Waals surface area (Å²) in [7, 11) is 3.25. The summed E-state index contributed by atoms with van der Waals surface area (Å²) in [5.74, 6) is 1.57. The predicted octanol–water partition coefficient (Wildman–Crippen LogP) is 2.79. The summed E-state index contributed by atoms with van der Waals surface area (Å²) in [6.07, 6.45) is 0.750. The molecule has 0 unspecified atom stereocenters. The third-order valence-electron chi connectivity index (χ3n) is 5.65. The lowest BCUT2D eigenvalue weighted by molar-refractivity contribution is 0.0499. The van der Waals surface area contributed by atoms with E-state index in [1.165, 1.54) is 5.56 Å². The van der Waals surface area contributed by atoms with E-state index >= 15 is 0 Å². The van der Waals surface area contributed by atoms with Gasteiger partial charge in [0.15, 0.2) is 11.5 Å². The van der Waals surface area contributed by atoms with Crippen molar-refractivity contribution in [2.45, 2.75) is 32.5 Å². The van der Waals surface area contributed by atoms with Gasteiger partial charge in [-0.1, -0.05) is 18.2 Å². The van der Waals surface area contributed by atoms with E-state index in [1.54, 1.807) is 26.4 Å². The standard InChI is InChI=1S/C23H32N2O4/c1-17-12-18(4-6-22(17)28-2)15-25-10-9-24(16-20(25)8-11-26)14-19-5-7-23(29-3)21(27)13-19/h4-7,12-13,20,26-27H,8-11,14-16H2,1-3H3/t20-/m1/s1. The number of piperazine rings is 1. The van der Waals surface area contributed by atoms with Crippen molar-refractivity contribution in [3.05, 3.63) is 53.1 Å². The smallest absolute Gasteiger partial charge is 0.160 e. The fourth-order valence-corrected chi connectivity index (χ4v) is 4.10. The summed E-state index contributed by atoms with van der Waals surface area (Å²) in [6, 6.07) is 12.2. The van der Waals surface area contributed by atoms with Gasteiger partial charge in [0.1, 0.15) is 5.75 Å². The number of ether oxygens (including phenoxy) is 2. The summed E-state index contributed by atoms with van der Waals surface area (Å²) in [5.41, 5.74) is 3.46. The van der Waals surface area contributed by atoms with Crippen molar-refractivity contribution >= 4 is 0 Å². The molecule has 158 valence electrons. The fraction of sp³-hybridized carbons (Fsp3) is 0.478. The molecule has 3 rings (SSSR count). The number of aryl methyl sites for hydroxylation is 1. The molecule has 2 N–H and O–H groups in total. The molecule has 1 heterocycles. The van der Waals surface area contributed by atoms with Gasteiger partial charge in [0.25, 0.3) is 0 Å². The molecule has 0 amide bonds. The first-order valence-corrected chi connectivity index (χ1v) is 10.1. The lowest BCUT2D eigenvalue weighted by Crippen LogP contribution is -2.52. The molecule has 29 heavy (non-hydrogen) atoms. The van der Waals surface area contributed by atoms with Crippen molar-refractivity contribution in [1.29, 1.82) is 0 Å². The number of phenols is 1. The Morgan fingerprint density at radius 1 is 0.966 bits per heavy atom. The molecule has 0 aliphatic carbocycles. The van der Waals surface area contributed by atoms with E-state index in [2.05, 4.69) is 28.9 Å². The maximum Gasteiger partial charge on any atom is 0.160 e. The number of aliphatic hydroxyl groups is 1. The van der Waals surface area contributed by atoms with Gasteiger partial charge in [-0.2, -0.15) is 0 Å². The summed E-state index contributed by atoms with van der Waals surface area (Å²) in [6.45, 7) is 6.67. The monoisotopic (exact) mass is 400 g/mol. The molecular weight excluding hydrogens is 368 g/mol. The second-order valence-corrected chi connectivity index (χ2v) is 7.68. The molecule has 0 aromatic heterocycles. The summed E-state index contributed by atoms with van der Waals surface area (Å²) >= 11 is 0. The molecule has 0 bridgehead atoms. The van der Waals surface area contributed by atoms with Gasteiger partial charge in [-0.15, -0.1) is 0 Å². The van der Waals surface area contributed by atoms with Crippen LogP contribution in [0.1, 0.15) is 23.1 Å². The van der Waals surface area contributed by atoms with Crippen LogP contribution >= 0.6 is 0 Å². The summed E-state index contributed by atoms with van der Waals surface area (Å²) in [4.78, 5) is 4.84. The van der Waals surface area contributed by atoms with Crippen LogP contribution in [0.4, 0.5) is 0 Å². The van der Waals surface area contributed by atoms with Crippen molar-refractivity contribution in [2.24, 2.45) is 0 Å². The van der Waals surface area contributed by atoms with E-state index in [0.717, 1.165) is 56.0 Å². The molecule has 2 aromatic rings. The van der Waals surface area contributed by atoms with Crippen molar-refractivity contribution in [2.75, 3.05) is 40.5 Å². The first kappa shape index (κ1) is 21.4. The number of nitrogens with zero attached hydrogens (tertiary/aromatic N) is 2. The molecule has 0 radical (unpaired) electrons. The average molecular weight is 401 g/mol.